The molecular formula is C27H30N2O7S2. The summed E-state index contributed by atoms with van der Waals surface area (Å²) in [7, 11) is -4.15. The topological polar surface area (TPSA) is 126 Å². The highest BCUT2D eigenvalue weighted by Crippen LogP contribution is 2.29. The fraction of sp³-hybridized carbons (Fsp3) is 0.333. The highest BCUT2D eigenvalue weighted by molar-refractivity contribution is 7.86. The Morgan fingerprint density at radius 1 is 1.13 bits per heavy atom. The number of piperidine rings is 1. The first kappa shape index (κ1) is 27.8. The molecule has 1 aliphatic heterocycles. The van der Waals surface area contributed by atoms with Crippen molar-refractivity contribution in [3.63, 3.8) is 0 Å². The van der Waals surface area contributed by atoms with E-state index in [4.69, 9.17) is 8.92 Å². The fourth-order valence-electron chi connectivity index (χ4n) is 4.02. The number of aliphatic hydroxyl groups excluding tert-OH is 1. The van der Waals surface area contributed by atoms with Gasteiger partial charge < -0.3 is 19.8 Å². The van der Waals surface area contributed by atoms with Crippen molar-refractivity contribution in [1.82, 2.24) is 4.98 Å². The van der Waals surface area contributed by atoms with Gasteiger partial charge in [-0.1, -0.05) is 47.2 Å². The Morgan fingerprint density at radius 2 is 1.87 bits per heavy atom. The van der Waals surface area contributed by atoms with Gasteiger partial charge in [-0.25, -0.2) is 14.0 Å². The van der Waals surface area contributed by atoms with Crippen molar-refractivity contribution < 1.29 is 32.3 Å². The monoisotopic (exact) mass is 558 g/mol. The second kappa shape index (κ2) is 12.5. The summed E-state index contributed by atoms with van der Waals surface area (Å²) in [5.41, 5.74) is 1.30. The summed E-state index contributed by atoms with van der Waals surface area (Å²) in [5, 5.41) is 20.9. The van der Waals surface area contributed by atoms with Gasteiger partial charge in [0.2, 0.25) is 0 Å². The number of carboxylic acid groups (broad SMARTS) is 1. The number of aliphatic hydroxyl groups is 1. The Hall–Kier alpha value is -3.25. The first-order valence-corrected chi connectivity index (χ1v) is 14.5. The molecule has 0 bridgehead atoms. The van der Waals surface area contributed by atoms with E-state index >= 15 is 0 Å². The number of hydrogen-bond acceptors (Lipinski definition) is 9. The molecule has 1 fully saturated rings. The lowest BCUT2D eigenvalue weighted by Gasteiger charge is -2.25. The highest BCUT2D eigenvalue weighted by Gasteiger charge is 2.21. The van der Waals surface area contributed by atoms with Gasteiger partial charge in [0.05, 0.1) is 11.5 Å². The number of aromatic carboxylic acids is 1. The van der Waals surface area contributed by atoms with Crippen LogP contribution in [0.3, 0.4) is 0 Å². The smallest absolute Gasteiger partial charge is 0.340 e. The average Bonchev–Trinajstić information content (AvgIpc) is 3.37. The molecule has 0 aliphatic carbocycles. The van der Waals surface area contributed by atoms with Crippen LogP contribution >= 0.6 is 11.3 Å². The quantitative estimate of drug-likeness (QED) is 0.252. The number of carboxylic acids is 1. The molecular weight excluding hydrogens is 528 g/mol. The van der Waals surface area contributed by atoms with Gasteiger partial charge >= 0.3 is 5.97 Å². The van der Waals surface area contributed by atoms with Crippen molar-refractivity contribution >= 4 is 44.7 Å². The van der Waals surface area contributed by atoms with E-state index in [2.05, 4.69) is 9.88 Å². The van der Waals surface area contributed by atoms with Gasteiger partial charge in [-0.2, -0.15) is 8.42 Å². The summed E-state index contributed by atoms with van der Waals surface area (Å²) in [6.07, 6.45) is 7.01. The van der Waals surface area contributed by atoms with E-state index in [1.807, 2.05) is 13.0 Å². The normalized spacial score (nSPS) is 15.1. The molecule has 38 heavy (non-hydrogen) atoms. The van der Waals surface area contributed by atoms with Crippen molar-refractivity contribution in [3.05, 3.63) is 70.2 Å². The Kier molecular flexibility index (Phi) is 9.16. The van der Waals surface area contributed by atoms with E-state index in [0.29, 0.717) is 5.56 Å². The molecule has 1 atom stereocenters. The molecule has 2 aromatic carbocycles. The molecule has 0 spiro atoms. The van der Waals surface area contributed by atoms with Crippen molar-refractivity contribution in [1.29, 1.82) is 0 Å². The van der Waals surface area contributed by atoms with Gasteiger partial charge in [0.1, 0.15) is 11.3 Å². The van der Waals surface area contributed by atoms with Crippen LogP contribution in [0, 0.1) is 6.92 Å². The van der Waals surface area contributed by atoms with Crippen LogP contribution in [0.2, 0.25) is 0 Å². The SMILES string of the molecule is Cc1ccc(S(=O)(=O)OC(O)CCOc2cccc(C=Cc3cnc(N4CCCCC4)s3)c2C(=O)O)cc1. The predicted octanol–water partition coefficient (Wildman–Crippen LogP) is 4.80. The number of anilines is 1. The van der Waals surface area contributed by atoms with Crippen LogP contribution in [0.1, 0.15) is 52.0 Å². The van der Waals surface area contributed by atoms with E-state index in [0.717, 1.165) is 41.5 Å². The summed E-state index contributed by atoms with van der Waals surface area (Å²) < 4.78 is 35.1. The van der Waals surface area contributed by atoms with Gasteiger partial charge in [-0.15, -0.1) is 0 Å². The molecule has 0 saturated carbocycles. The molecule has 1 saturated heterocycles. The molecule has 1 aromatic heterocycles. The molecule has 11 heteroatoms. The van der Waals surface area contributed by atoms with Gasteiger partial charge in [0.25, 0.3) is 10.1 Å². The van der Waals surface area contributed by atoms with E-state index in [1.54, 1.807) is 47.9 Å². The molecule has 0 amide bonds. The van der Waals surface area contributed by atoms with Gasteiger partial charge in [-0.05, 0) is 56.0 Å². The Morgan fingerprint density at radius 3 is 2.58 bits per heavy atom. The summed E-state index contributed by atoms with van der Waals surface area (Å²) in [6, 6.07) is 10.9. The van der Waals surface area contributed by atoms with E-state index < -0.39 is 22.4 Å². The van der Waals surface area contributed by atoms with Crippen LogP contribution in [-0.4, -0.2) is 55.6 Å². The molecule has 0 radical (unpaired) electrons. The Balaban J connectivity index is 1.38. The maximum Gasteiger partial charge on any atom is 0.340 e. The first-order valence-electron chi connectivity index (χ1n) is 12.3. The van der Waals surface area contributed by atoms with Gasteiger partial charge in [0.15, 0.2) is 11.4 Å². The minimum Gasteiger partial charge on any atom is -0.492 e. The lowest BCUT2D eigenvalue weighted by Crippen LogP contribution is -2.29. The summed E-state index contributed by atoms with van der Waals surface area (Å²) in [5.74, 6) is -1.07. The standard InChI is InChI=1S/C27H30N2O7S2/c1-19-8-12-22(13-9-19)38(33,34)36-24(30)14-17-35-23-7-5-6-20(25(23)26(31)32)10-11-21-18-28-27(37-21)29-15-3-2-4-16-29/h5-13,18,24,30H,2-4,14-17H2,1H3,(H,31,32). The minimum atomic E-state index is -4.15. The average molecular weight is 559 g/mol. The maximum atomic E-state index is 12.3. The number of carbonyl (C=O) groups is 1. The third-order valence-electron chi connectivity index (χ3n) is 6.01. The molecule has 2 heterocycles. The number of hydrogen-bond donors (Lipinski definition) is 2. The molecule has 2 N–H and O–H groups in total. The summed E-state index contributed by atoms with van der Waals surface area (Å²) in [6.45, 7) is 3.66. The third-order valence-corrected chi connectivity index (χ3v) is 8.36. The van der Waals surface area contributed by atoms with Crippen molar-refractivity contribution in [2.45, 2.75) is 43.8 Å². The molecule has 9 nitrogen and oxygen atoms in total. The fourth-order valence-corrected chi connectivity index (χ4v) is 5.86. The van der Waals surface area contributed by atoms with Crippen LogP contribution in [-0.2, 0) is 14.3 Å². The molecule has 4 rings (SSSR count). The number of nitrogens with zero attached hydrogens (tertiary/aromatic N) is 2. The maximum absolute atomic E-state index is 12.3. The lowest BCUT2D eigenvalue weighted by molar-refractivity contribution is -0.0256. The number of rotatable bonds is 11. The minimum absolute atomic E-state index is 0.0350. The second-order valence-electron chi connectivity index (χ2n) is 8.91. The zero-order chi connectivity index (χ0) is 27.1. The lowest BCUT2D eigenvalue weighted by atomic mass is 10.1. The van der Waals surface area contributed by atoms with Gasteiger partial charge in [0, 0.05) is 30.6 Å². The Labute approximate surface area is 226 Å². The third kappa shape index (κ3) is 7.19. The second-order valence-corrected chi connectivity index (χ2v) is 11.5. The first-order chi connectivity index (χ1) is 18.2. The summed E-state index contributed by atoms with van der Waals surface area (Å²) >= 11 is 1.56. The van der Waals surface area contributed by atoms with E-state index in [1.165, 1.54) is 24.6 Å². The molecule has 202 valence electrons. The highest BCUT2D eigenvalue weighted by atomic mass is 32.2. The molecule has 1 aliphatic rings. The van der Waals surface area contributed by atoms with Crippen LogP contribution < -0.4 is 9.64 Å². The number of benzene rings is 2. The van der Waals surface area contributed by atoms with Crippen molar-refractivity contribution in [2.75, 3.05) is 24.6 Å². The van der Waals surface area contributed by atoms with E-state index in [9.17, 15) is 23.4 Å². The van der Waals surface area contributed by atoms with Crippen LogP contribution in [0.5, 0.6) is 5.75 Å². The zero-order valence-electron chi connectivity index (χ0n) is 20.9. The molecule has 1 unspecified atom stereocenters. The van der Waals surface area contributed by atoms with Crippen LogP contribution in [0.25, 0.3) is 12.2 Å². The Bertz CT molecular complexity index is 1380. The van der Waals surface area contributed by atoms with Crippen LogP contribution in [0.15, 0.2) is 53.6 Å². The van der Waals surface area contributed by atoms with Crippen LogP contribution in [0.4, 0.5) is 5.13 Å². The van der Waals surface area contributed by atoms with Crippen molar-refractivity contribution in [2.24, 2.45) is 0 Å². The van der Waals surface area contributed by atoms with Gasteiger partial charge in [-0.3, -0.25) is 0 Å². The zero-order valence-corrected chi connectivity index (χ0v) is 22.6. The number of aryl methyl sites for hydroxylation is 1. The number of thiazole rings is 1. The number of aromatic nitrogens is 1. The summed E-state index contributed by atoms with van der Waals surface area (Å²) in [4.78, 5) is 19.7. The van der Waals surface area contributed by atoms with Crippen molar-refractivity contribution in [3.8, 4) is 5.75 Å². The largest absolute Gasteiger partial charge is 0.492 e. The van der Waals surface area contributed by atoms with E-state index in [-0.39, 0.29) is 29.2 Å². The predicted molar refractivity (Wildman–Crippen MR) is 146 cm³/mol. The number of ether oxygens (including phenoxy) is 1. The molecule has 3 aromatic rings.